The van der Waals surface area contributed by atoms with E-state index in [1.165, 1.54) is 13.3 Å². The zero-order chi connectivity index (χ0) is 20.4. The van der Waals surface area contributed by atoms with E-state index >= 15 is 0 Å². The van der Waals surface area contributed by atoms with Gasteiger partial charge in [-0.25, -0.2) is 9.97 Å². The minimum absolute atomic E-state index is 0.210. The highest BCUT2D eigenvalue weighted by Crippen LogP contribution is 2.34. The topological polar surface area (TPSA) is 109 Å². The van der Waals surface area contributed by atoms with E-state index in [9.17, 15) is 9.90 Å². The maximum atomic E-state index is 11.6. The van der Waals surface area contributed by atoms with Gasteiger partial charge in [0.1, 0.15) is 29.6 Å². The molecule has 1 aliphatic heterocycles. The van der Waals surface area contributed by atoms with Gasteiger partial charge in [-0.1, -0.05) is 0 Å². The van der Waals surface area contributed by atoms with Gasteiger partial charge in [0, 0.05) is 11.3 Å². The highest BCUT2D eigenvalue weighted by atomic mass is 16.5. The van der Waals surface area contributed by atoms with E-state index in [4.69, 9.17) is 9.72 Å². The van der Waals surface area contributed by atoms with Gasteiger partial charge in [0.25, 0.3) is 0 Å². The molecule has 0 spiro atoms. The number of methoxy groups -OCH3 is 1. The molecule has 3 N–H and O–H groups in total. The number of phenols is 1. The predicted octanol–water partition coefficient (Wildman–Crippen LogP) is 3.12. The number of hydrogen-bond donors (Lipinski definition) is 3. The zero-order valence-corrected chi connectivity index (χ0v) is 15.9. The van der Waals surface area contributed by atoms with Crippen molar-refractivity contribution in [1.29, 1.82) is 0 Å². The Balaban J connectivity index is 1.85. The minimum atomic E-state index is -0.534. The fourth-order valence-corrected chi connectivity index (χ4v) is 3.14. The van der Waals surface area contributed by atoms with Crippen LogP contribution in [-0.4, -0.2) is 33.5 Å². The van der Waals surface area contributed by atoms with Crippen LogP contribution in [0.15, 0.2) is 42.9 Å². The first-order valence-corrected chi connectivity index (χ1v) is 8.95. The van der Waals surface area contributed by atoms with E-state index in [-0.39, 0.29) is 5.75 Å². The van der Waals surface area contributed by atoms with Crippen molar-refractivity contribution in [2.75, 3.05) is 12.4 Å². The molecule has 2 aromatic heterocycles. The molecule has 1 atom stereocenters. The number of pyridine rings is 1. The standard InChI is InChI=1S/C21H19N5O3/c1-12-7-14(3-4-18(12)28)24-21-20-13(5-6-23-17(20)11-27)8-15(26-21)16-9-22-10-19(25-16)29-2/h3-11,17,23,28H,1-2H3,(H,24,26). The number of fused-ring (bicyclic) bond motifs is 1. The predicted molar refractivity (Wildman–Crippen MR) is 109 cm³/mol. The Morgan fingerprint density at radius 2 is 2.07 bits per heavy atom. The molecule has 3 heterocycles. The minimum Gasteiger partial charge on any atom is -0.508 e. The van der Waals surface area contributed by atoms with Crippen LogP contribution < -0.4 is 15.4 Å². The van der Waals surface area contributed by atoms with Gasteiger partial charge in [0.05, 0.1) is 25.2 Å². The molecule has 0 saturated heterocycles. The highest BCUT2D eigenvalue weighted by molar-refractivity contribution is 5.79. The number of phenolic OH excluding ortho intramolecular Hbond substituents is 1. The Labute approximate surface area is 167 Å². The molecule has 29 heavy (non-hydrogen) atoms. The Morgan fingerprint density at radius 3 is 2.83 bits per heavy atom. The van der Waals surface area contributed by atoms with Gasteiger partial charge in [-0.2, -0.15) is 0 Å². The molecule has 1 aromatic carbocycles. The lowest BCUT2D eigenvalue weighted by molar-refractivity contribution is -0.109. The Bertz CT molecular complexity index is 1110. The number of aldehydes is 1. The second-order valence-electron chi connectivity index (χ2n) is 6.55. The van der Waals surface area contributed by atoms with Crippen molar-refractivity contribution in [2.24, 2.45) is 0 Å². The van der Waals surface area contributed by atoms with Gasteiger partial charge in [-0.15, -0.1) is 0 Å². The maximum absolute atomic E-state index is 11.6. The van der Waals surface area contributed by atoms with E-state index in [0.29, 0.717) is 23.1 Å². The normalized spacial score (nSPS) is 14.6. The van der Waals surface area contributed by atoms with Crippen molar-refractivity contribution in [3.05, 3.63) is 59.5 Å². The maximum Gasteiger partial charge on any atom is 0.232 e. The monoisotopic (exact) mass is 389 g/mol. The summed E-state index contributed by atoms with van der Waals surface area (Å²) in [6.45, 7) is 1.81. The van der Waals surface area contributed by atoms with Crippen molar-refractivity contribution in [2.45, 2.75) is 13.0 Å². The number of aryl methyl sites for hydroxylation is 1. The lowest BCUT2D eigenvalue weighted by atomic mass is 9.98. The third-order valence-corrected chi connectivity index (χ3v) is 4.62. The van der Waals surface area contributed by atoms with Crippen LogP contribution in [0.3, 0.4) is 0 Å². The number of carbonyl (C=O) groups excluding carboxylic acids is 1. The molecule has 0 radical (unpaired) electrons. The number of carbonyl (C=O) groups is 1. The van der Waals surface area contributed by atoms with Crippen molar-refractivity contribution in [3.8, 4) is 23.0 Å². The lowest BCUT2D eigenvalue weighted by Crippen LogP contribution is -2.22. The van der Waals surface area contributed by atoms with Gasteiger partial charge in [-0.05, 0) is 54.6 Å². The van der Waals surface area contributed by atoms with E-state index in [1.54, 1.807) is 24.5 Å². The summed E-state index contributed by atoms with van der Waals surface area (Å²) in [5.41, 5.74) is 4.17. The molecule has 8 heteroatoms. The Kier molecular flexibility index (Phi) is 4.82. The van der Waals surface area contributed by atoms with Crippen molar-refractivity contribution in [1.82, 2.24) is 20.3 Å². The summed E-state index contributed by atoms with van der Waals surface area (Å²) >= 11 is 0. The molecule has 146 valence electrons. The second-order valence-corrected chi connectivity index (χ2v) is 6.55. The number of nitrogens with zero attached hydrogens (tertiary/aromatic N) is 3. The number of nitrogens with one attached hydrogen (secondary N) is 2. The average molecular weight is 389 g/mol. The number of hydrogen-bond acceptors (Lipinski definition) is 8. The number of rotatable bonds is 5. The van der Waals surface area contributed by atoms with E-state index < -0.39 is 6.04 Å². The van der Waals surface area contributed by atoms with Crippen LogP contribution >= 0.6 is 0 Å². The summed E-state index contributed by atoms with van der Waals surface area (Å²) in [6.07, 6.45) is 7.57. The smallest absolute Gasteiger partial charge is 0.232 e. The molecule has 4 rings (SSSR count). The molecular formula is C21H19N5O3. The summed E-state index contributed by atoms with van der Waals surface area (Å²) in [7, 11) is 1.53. The first kappa shape index (κ1) is 18.4. The summed E-state index contributed by atoms with van der Waals surface area (Å²) in [5.74, 6) is 1.11. The van der Waals surface area contributed by atoms with Gasteiger partial charge >= 0.3 is 0 Å². The number of aromatic hydroxyl groups is 1. The van der Waals surface area contributed by atoms with Crippen LogP contribution in [0.5, 0.6) is 11.6 Å². The fourth-order valence-electron chi connectivity index (χ4n) is 3.14. The summed E-state index contributed by atoms with van der Waals surface area (Å²) in [6, 6.07) is 6.49. The molecule has 1 unspecified atom stereocenters. The van der Waals surface area contributed by atoms with E-state index in [1.807, 2.05) is 25.1 Å². The lowest BCUT2D eigenvalue weighted by Gasteiger charge is -2.23. The number of ether oxygens (including phenoxy) is 1. The van der Waals surface area contributed by atoms with Gasteiger partial charge in [-0.3, -0.25) is 4.98 Å². The van der Waals surface area contributed by atoms with Crippen LogP contribution in [0, 0.1) is 6.92 Å². The largest absolute Gasteiger partial charge is 0.508 e. The van der Waals surface area contributed by atoms with E-state index in [0.717, 1.165) is 28.7 Å². The quantitative estimate of drug-likeness (QED) is 0.451. The van der Waals surface area contributed by atoms with Crippen LogP contribution in [-0.2, 0) is 4.79 Å². The number of anilines is 2. The van der Waals surface area contributed by atoms with E-state index in [2.05, 4.69) is 20.6 Å². The van der Waals surface area contributed by atoms with Gasteiger partial charge in [0.2, 0.25) is 5.88 Å². The average Bonchev–Trinajstić information content (AvgIpc) is 2.75. The van der Waals surface area contributed by atoms with Crippen LogP contribution in [0.1, 0.15) is 22.7 Å². The molecule has 0 bridgehead atoms. The summed E-state index contributed by atoms with van der Waals surface area (Å²) in [5, 5.41) is 16.1. The zero-order valence-electron chi connectivity index (χ0n) is 15.9. The van der Waals surface area contributed by atoms with Gasteiger partial charge < -0.3 is 25.3 Å². The molecule has 0 aliphatic carbocycles. The third kappa shape index (κ3) is 3.60. The molecule has 0 fully saturated rings. The van der Waals surface area contributed by atoms with Crippen LogP contribution in [0.25, 0.3) is 17.5 Å². The first-order chi connectivity index (χ1) is 14.1. The summed E-state index contributed by atoms with van der Waals surface area (Å²) < 4.78 is 5.16. The number of benzene rings is 1. The molecule has 0 saturated carbocycles. The molecule has 0 amide bonds. The van der Waals surface area contributed by atoms with Crippen LogP contribution in [0.4, 0.5) is 11.5 Å². The SMILES string of the molecule is COc1cncc(-c2cc3c(c(Nc4ccc(O)c(C)c4)n2)C(C=O)NC=C3)n1. The third-order valence-electron chi connectivity index (χ3n) is 4.62. The van der Waals surface area contributed by atoms with Crippen molar-refractivity contribution in [3.63, 3.8) is 0 Å². The molecule has 8 nitrogen and oxygen atoms in total. The Morgan fingerprint density at radius 1 is 1.21 bits per heavy atom. The molecule has 3 aromatic rings. The van der Waals surface area contributed by atoms with Crippen LogP contribution in [0.2, 0.25) is 0 Å². The molecule has 1 aliphatic rings. The highest BCUT2D eigenvalue weighted by Gasteiger charge is 2.23. The van der Waals surface area contributed by atoms with Crippen molar-refractivity contribution < 1.29 is 14.6 Å². The Hall–Kier alpha value is -3.94. The summed E-state index contributed by atoms with van der Waals surface area (Å²) in [4.78, 5) is 24.9. The number of aromatic nitrogens is 3. The first-order valence-electron chi connectivity index (χ1n) is 8.95. The molecular weight excluding hydrogens is 370 g/mol. The van der Waals surface area contributed by atoms with Gasteiger partial charge in [0.15, 0.2) is 0 Å². The fraction of sp³-hybridized carbons (Fsp3) is 0.143. The second kappa shape index (κ2) is 7.59. The van der Waals surface area contributed by atoms with Crippen molar-refractivity contribution >= 4 is 23.9 Å².